The number of anilines is 1. The first-order chi connectivity index (χ1) is 11.9. The van der Waals surface area contributed by atoms with Crippen molar-refractivity contribution in [1.82, 2.24) is 9.97 Å². The van der Waals surface area contributed by atoms with Crippen LogP contribution in [0.5, 0.6) is 0 Å². The van der Waals surface area contributed by atoms with E-state index in [1.165, 1.54) is 11.3 Å². The number of aromatic nitrogens is 2. The number of hydrogen-bond donors (Lipinski definition) is 2. The Morgan fingerprint density at radius 1 is 1.32 bits per heavy atom. The quantitative estimate of drug-likeness (QED) is 0.549. The van der Waals surface area contributed by atoms with E-state index in [2.05, 4.69) is 15.3 Å². The minimum absolute atomic E-state index is 0.234. The largest absolute Gasteiger partial charge is 0.455 e. The van der Waals surface area contributed by atoms with E-state index in [-0.39, 0.29) is 6.61 Å². The summed E-state index contributed by atoms with van der Waals surface area (Å²) >= 11 is 1.41. The maximum absolute atomic E-state index is 12.1. The van der Waals surface area contributed by atoms with Crippen molar-refractivity contribution in [3.05, 3.63) is 29.4 Å². The van der Waals surface area contributed by atoms with Gasteiger partial charge in [0.25, 0.3) is 0 Å². The molecule has 0 saturated heterocycles. The van der Waals surface area contributed by atoms with Crippen LogP contribution in [0.2, 0.25) is 0 Å². The summed E-state index contributed by atoms with van der Waals surface area (Å²) in [6, 6.07) is 3.79. The molecule has 2 N–H and O–H groups in total. The highest BCUT2D eigenvalue weighted by Gasteiger charge is 2.20. The van der Waals surface area contributed by atoms with Gasteiger partial charge in [0.1, 0.15) is 16.4 Å². The Morgan fingerprint density at radius 2 is 2.12 bits per heavy atom. The van der Waals surface area contributed by atoms with Gasteiger partial charge in [-0.25, -0.2) is 14.8 Å². The highest BCUT2D eigenvalue weighted by atomic mass is 32.1. The Hall–Kier alpha value is -1.99. The molecule has 0 amide bonds. The number of carbonyl (C=O) groups is 1. The van der Waals surface area contributed by atoms with E-state index in [0.717, 1.165) is 42.2 Å². The summed E-state index contributed by atoms with van der Waals surface area (Å²) in [5.74, 6) is 0.363. The number of unbranched alkanes of at least 4 members (excludes halogenated alkanes) is 2. The average molecular weight is 363 g/mol. The molecule has 0 aliphatic rings. The summed E-state index contributed by atoms with van der Waals surface area (Å²) in [5.41, 5.74) is 0.697. The Balaban J connectivity index is 2.00. The standard InChI is InChI=1S/C18H25N3O3S/c1-18(2,3)24-17(23)14-12-25-16(21-14)13-7-9-20-15(11-13)19-8-5-4-6-10-22/h7,9,11-12,22H,4-6,8,10H2,1-3H3,(H,19,20). The van der Waals surface area contributed by atoms with Crippen molar-refractivity contribution in [2.45, 2.75) is 45.6 Å². The lowest BCUT2D eigenvalue weighted by Gasteiger charge is -2.18. The highest BCUT2D eigenvalue weighted by Crippen LogP contribution is 2.26. The molecule has 25 heavy (non-hydrogen) atoms. The second-order valence-electron chi connectivity index (χ2n) is 6.68. The van der Waals surface area contributed by atoms with E-state index in [9.17, 15) is 4.79 Å². The first-order valence-electron chi connectivity index (χ1n) is 8.39. The van der Waals surface area contributed by atoms with E-state index in [1.807, 2.05) is 32.9 Å². The molecule has 0 unspecified atom stereocenters. The smallest absolute Gasteiger partial charge is 0.358 e. The van der Waals surface area contributed by atoms with Crippen LogP contribution in [0.3, 0.4) is 0 Å². The molecule has 0 atom stereocenters. The van der Waals surface area contributed by atoms with Gasteiger partial charge in [-0.2, -0.15) is 0 Å². The minimum atomic E-state index is -0.537. The molecule has 0 radical (unpaired) electrons. The van der Waals surface area contributed by atoms with Crippen molar-refractivity contribution >= 4 is 23.1 Å². The van der Waals surface area contributed by atoms with Crippen LogP contribution < -0.4 is 5.32 Å². The van der Waals surface area contributed by atoms with Crippen LogP contribution in [-0.4, -0.2) is 39.8 Å². The summed E-state index contributed by atoms with van der Waals surface area (Å²) in [7, 11) is 0. The number of thiazole rings is 1. The van der Waals surface area contributed by atoms with Crippen LogP contribution >= 0.6 is 11.3 Å². The maximum atomic E-state index is 12.1. The van der Waals surface area contributed by atoms with Crippen LogP contribution in [0.15, 0.2) is 23.7 Å². The van der Waals surface area contributed by atoms with Crippen molar-refractivity contribution in [3.8, 4) is 10.6 Å². The predicted octanol–water partition coefficient (Wildman–Crippen LogP) is 3.73. The molecule has 7 heteroatoms. The average Bonchev–Trinajstić information content (AvgIpc) is 3.04. The number of nitrogens with one attached hydrogen (secondary N) is 1. The van der Waals surface area contributed by atoms with Gasteiger partial charge in [-0.1, -0.05) is 0 Å². The molecule has 0 aliphatic heterocycles. The molecule has 2 aromatic heterocycles. The fourth-order valence-electron chi connectivity index (χ4n) is 2.12. The molecule has 0 saturated carbocycles. The maximum Gasteiger partial charge on any atom is 0.358 e. The molecule has 2 aromatic rings. The van der Waals surface area contributed by atoms with Gasteiger partial charge in [-0.3, -0.25) is 0 Å². The summed E-state index contributed by atoms with van der Waals surface area (Å²) < 4.78 is 5.34. The fourth-order valence-corrected chi connectivity index (χ4v) is 2.91. The third-order valence-corrected chi connectivity index (χ3v) is 4.15. The van der Waals surface area contributed by atoms with Gasteiger partial charge in [0.05, 0.1) is 0 Å². The SMILES string of the molecule is CC(C)(C)OC(=O)c1csc(-c2ccnc(NCCCCCO)c2)n1. The molecule has 0 spiro atoms. The first kappa shape index (κ1) is 19.3. The van der Waals surface area contributed by atoms with E-state index in [1.54, 1.807) is 11.6 Å². The highest BCUT2D eigenvalue weighted by molar-refractivity contribution is 7.13. The number of nitrogens with zero attached hydrogens (tertiary/aromatic N) is 2. The molecule has 0 bridgehead atoms. The fraction of sp³-hybridized carbons (Fsp3) is 0.500. The molecular weight excluding hydrogens is 338 g/mol. The normalized spacial score (nSPS) is 11.4. The van der Waals surface area contributed by atoms with Gasteiger partial charge in [-0.15, -0.1) is 11.3 Å². The minimum Gasteiger partial charge on any atom is -0.455 e. The molecular formula is C18H25N3O3S. The lowest BCUT2D eigenvalue weighted by molar-refractivity contribution is 0.00638. The van der Waals surface area contributed by atoms with Gasteiger partial charge in [-0.05, 0) is 52.2 Å². The molecule has 2 rings (SSSR count). The number of pyridine rings is 1. The Morgan fingerprint density at radius 3 is 2.84 bits per heavy atom. The van der Waals surface area contributed by atoms with Crippen molar-refractivity contribution in [2.75, 3.05) is 18.5 Å². The zero-order valence-corrected chi connectivity index (χ0v) is 15.7. The Bertz CT molecular complexity index is 695. The van der Waals surface area contributed by atoms with Crippen LogP contribution in [0.25, 0.3) is 10.6 Å². The summed E-state index contributed by atoms with van der Waals surface area (Å²) in [4.78, 5) is 20.8. The number of carbonyl (C=O) groups excluding carboxylic acids is 1. The second kappa shape index (κ2) is 8.92. The monoisotopic (exact) mass is 363 g/mol. The van der Waals surface area contributed by atoms with Crippen LogP contribution in [0, 0.1) is 0 Å². The number of ether oxygens (including phenoxy) is 1. The lowest BCUT2D eigenvalue weighted by Crippen LogP contribution is -2.24. The topological polar surface area (TPSA) is 84.3 Å². The predicted molar refractivity (Wildman–Crippen MR) is 99.9 cm³/mol. The summed E-state index contributed by atoms with van der Waals surface area (Å²) in [5, 5.41) is 14.5. The summed E-state index contributed by atoms with van der Waals surface area (Å²) in [6.45, 7) is 6.54. The zero-order chi connectivity index (χ0) is 18.3. The first-order valence-corrected chi connectivity index (χ1v) is 9.27. The van der Waals surface area contributed by atoms with Gasteiger partial charge >= 0.3 is 5.97 Å². The van der Waals surface area contributed by atoms with Crippen molar-refractivity contribution in [3.63, 3.8) is 0 Å². The van der Waals surface area contributed by atoms with E-state index in [4.69, 9.17) is 9.84 Å². The number of rotatable bonds is 8. The molecule has 0 fully saturated rings. The number of aliphatic hydroxyl groups is 1. The third-order valence-electron chi connectivity index (χ3n) is 3.26. The number of aliphatic hydroxyl groups excluding tert-OH is 1. The van der Waals surface area contributed by atoms with Crippen molar-refractivity contribution < 1.29 is 14.6 Å². The zero-order valence-electron chi connectivity index (χ0n) is 14.9. The molecule has 6 nitrogen and oxygen atoms in total. The van der Waals surface area contributed by atoms with Gasteiger partial charge in [0.15, 0.2) is 5.69 Å². The Kier molecular flexibility index (Phi) is 6.90. The number of esters is 1. The van der Waals surface area contributed by atoms with Crippen molar-refractivity contribution in [2.24, 2.45) is 0 Å². The van der Waals surface area contributed by atoms with E-state index < -0.39 is 11.6 Å². The molecule has 0 aliphatic carbocycles. The van der Waals surface area contributed by atoms with Gasteiger partial charge in [0.2, 0.25) is 0 Å². The van der Waals surface area contributed by atoms with Crippen molar-refractivity contribution in [1.29, 1.82) is 0 Å². The molecule has 0 aromatic carbocycles. The Labute approximate surface area is 152 Å². The second-order valence-corrected chi connectivity index (χ2v) is 7.54. The van der Waals surface area contributed by atoms with Gasteiger partial charge in [0, 0.05) is 30.3 Å². The van der Waals surface area contributed by atoms with Crippen LogP contribution in [-0.2, 0) is 4.74 Å². The number of hydrogen-bond acceptors (Lipinski definition) is 7. The molecule has 2 heterocycles. The van der Waals surface area contributed by atoms with Crippen LogP contribution in [0.1, 0.15) is 50.5 Å². The van der Waals surface area contributed by atoms with Gasteiger partial charge < -0.3 is 15.2 Å². The third kappa shape index (κ3) is 6.43. The lowest BCUT2D eigenvalue weighted by atomic mass is 10.2. The van der Waals surface area contributed by atoms with E-state index >= 15 is 0 Å². The molecule has 136 valence electrons. The summed E-state index contributed by atoms with van der Waals surface area (Å²) in [6.07, 6.45) is 4.50. The van der Waals surface area contributed by atoms with E-state index in [0.29, 0.717) is 5.69 Å². The van der Waals surface area contributed by atoms with Crippen LogP contribution in [0.4, 0.5) is 5.82 Å².